The standard InChI is InChI=1S/C19H19N3S/c1-3-13(4-2)16-10-11-21-18-9-8-17(22-19(16)18)14-6-5-7-15(12-14)23-20/h3,5-12H,4,20H2,1-2H3/b13-3+. The van der Waals surface area contributed by atoms with Gasteiger partial charge in [-0.2, -0.15) is 0 Å². The largest absolute Gasteiger partial charge is 0.274 e. The molecule has 0 saturated carbocycles. The van der Waals surface area contributed by atoms with Gasteiger partial charge in [0.2, 0.25) is 0 Å². The third kappa shape index (κ3) is 3.14. The van der Waals surface area contributed by atoms with E-state index in [1.807, 2.05) is 36.5 Å². The van der Waals surface area contributed by atoms with Gasteiger partial charge in [0.15, 0.2) is 0 Å². The van der Waals surface area contributed by atoms with E-state index in [0.29, 0.717) is 0 Å². The van der Waals surface area contributed by atoms with Crippen molar-refractivity contribution >= 4 is 28.6 Å². The fourth-order valence-corrected chi connectivity index (χ4v) is 3.08. The van der Waals surface area contributed by atoms with E-state index in [4.69, 9.17) is 10.1 Å². The lowest BCUT2D eigenvalue weighted by Gasteiger charge is -2.10. The van der Waals surface area contributed by atoms with Crippen molar-refractivity contribution in [1.82, 2.24) is 9.97 Å². The van der Waals surface area contributed by atoms with Crippen molar-refractivity contribution in [2.75, 3.05) is 0 Å². The minimum atomic E-state index is 0.920. The smallest absolute Gasteiger partial charge is 0.0969 e. The fourth-order valence-electron chi connectivity index (χ4n) is 2.72. The van der Waals surface area contributed by atoms with Crippen LogP contribution >= 0.6 is 11.9 Å². The van der Waals surface area contributed by atoms with Gasteiger partial charge in [-0.25, -0.2) is 4.98 Å². The molecule has 2 aromatic heterocycles. The number of hydrogen-bond acceptors (Lipinski definition) is 4. The van der Waals surface area contributed by atoms with Crippen LogP contribution in [0.2, 0.25) is 0 Å². The molecule has 23 heavy (non-hydrogen) atoms. The molecule has 0 aliphatic carbocycles. The van der Waals surface area contributed by atoms with Crippen LogP contribution in [0.4, 0.5) is 0 Å². The minimum Gasteiger partial charge on any atom is -0.274 e. The predicted octanol–water partition coefficient (Wildman–Crippen LogP) is 5.08. The average molecular weight is 321 g/mol. The van der Waals surface area contributed by atoms with Crippen LogP contribution in [0.15, 0.2) is 59.6 Å². The van der Waals surface area contributed by atoms with Crippen LogP contribution in [0, 0.1) is 0 Å². The van der Waals surface area contributed by atoms with Gasteiger partial charge >= 0.3 is 0 Å². The van der Waals surface area contributed by atoms with Crippen molar-refractivity contribution in [3.63, 3.8) is 0 Å². The molecule has 0 spiro atoms. The number of rotatable bonds is 4. The van der Waals surface area contributed by atoms with E-state index in [9.17, 15) is 0 Å². The topological polar surface area (TPSA) is 51.8 Å². The van der Waals surface area contributed by atoms with E-state index in [1.165, 1.54) is 17.5 Å². The molecular weight excluding hydrogens is 302 g/mol. The number of fused-ring (bicyclic) bond motifs is 1. The number of aromatic nitrogens is 2. The summed E-state index contributed by atoms with van der Waals surface area (Å²) in [6, 6.07) is 14.2. The van der Waals surface area contributed by atoms with Gasteiger partial charge in [0.05, 0.1) is 16.7 Å². The first-order chi connectivity index (χ1) is 11.3. The van der Waals surface area contributed by atoms with Crippen molar-refractivity contribution in [1.29, 1.82) is 0 Å². The Morgan fingerprint density at radius 2 is 2.09 bits per heavy atom. The zero-order valence-corrected chi connectivity index (χ0v) is 14.1. The molecule has 0 amide bonds. The van der Waals surface area contributed by atoms with Crippen LogP contribution in [0.1, 0.15) is 25.8 Å². The highest BCUT2D eigenvalue weighted by Gasteiger charge is 2.09. The molecule has 0 unspecified atom stereocenters. The summed E-state index contributed by atoms with van der Waals surface area (Å²) in [5.74, 6) is 0. The molecule has 4 heteroatoms. The van der Waals surface area contributed by atoms with Crippen LogP contribution in [-0.4, -0.2) is 9.97 Å². The minimum absolute atomic E-state index is 0.920. The lowest BCUT2D eigenvalue weighted by Crippen LogP contribution is -1.93. The van der Waals surface area contributed by atoms with E-state index in [0.717, 1.165) is 39.2 Å². The number of nitrogens with zero attached hydrogens (tertiary/aromatic N) is 2. The van der Waals surface area contributed by atoms with Gasteiger partial charge in [-0.05, 0) is 61.2 Å². The molecule has 3 rings (SSSR count). The van der Waals surface area contributed by atoms with Crippen molar-refractivity contribution in [2.45, 2.75) is 25.2 Å². The molecular formula is C19H19N3S. The summed E-state index contributed by atoms with van der Waals surface area (Å²) in [5, 5.41) is 5.67. The van der Waals surface area contributed by atoms with Crippen LogP contribution in [-0.2, 0) is 0 Å². The van der Waals surface area contributed by atoms with Gasteiger partial charge in [0.1, 0.15) is 0 Å². The lowest BCUT2D eigenvalue weighted by atomic mass is 10.0. The molecule has 0 radical (unpaired) electrons. The zero-order chi connectivity index (χ0) is 16.2. The van der Waals surface area contributed by atoms with E-state index in [1.54, 1.807) is 0 Å². The molecule has 0 aliphatic heterocycles. The Labute approximate surface area is 140 Å². The molecule has 3 aromatic rings. The average Bonchev–Trinajstić information content (AvgIpc) is 2.62. The summed E-state index contributed by atoms with van der Waals surface area (Å²) in [7, 11) is 0. The molecule has 0 saturated heterocycles. The molecule has 0 aliphatic rings. The summed E-state index contributed by atoms with van der Waals surface area (Å²) in [6.07, 6.45) is 4.97. The highest BCUT2D eigenvalue weighted by Crippen LogP contribution is 2.28. The normalized spacial score (nSPS) is 11.9. The van der Waals surface area contributed by atoms with Crippen molar-refractivity contribution in [3.05, 3.63) is 60.3 Å². The Balaban J connectivity index is 2.19. The van der Waals surface area contributed by atoms with E-state index < -0.39 is 0 Å². The first-order valence-electron chi connectivity index (χ1n) is 7.65. The Morgan fingerprint density at radius 3 is 2.83 bits per heavy atom. The van der Waals surface area contributed by atoms with Crippen LogP contribution < -0.4 is 5.14 Å². The summed E-state index contributed by atoms with van der Waals surface area (Å²) in [5.41, 5.74) is 6.32. The summed E-state index contributed by atoms with van der Waals surface area (Å²) < 4.78 is 0. The second-order valence-corrected chi connectivity index (χ2v) is 5.94. The SMILES string of the molecule is C/C=C(\CC)c1ccnc2ccc(-c3cccc(SN)c3)nc12. The highest BCUT2D eigenvalue weighted by atomic mass is 32.2. The Morgan fingerprint density at radius 1 is 1.22 bits per heavy atom. The van der Waals surface area contributed by atoms with E-state index in [2.05, 4.69) is 37.0 Å². The fraction of sp³-hybridized carbons (Fsp3) is 0.158. The molecule has 3 nitrogen and oxygen atoms in total. The number of hydrogen-bond donors (Lipinski definition) is 1. The van der Waals surface area contributed by atoms with Gasteiger partial charge in [-0.15, -0.1) is 0 Å². The quantitative estimate of drug-likeness (QED) is 0.681. The van der Waals surface area contributed by atoms with E-state index >= 15 is 0 Å². The third-order valence-electron chi connectivity index (χ3n) is 3.93. The number of pyridine rings is 2. The zero-order valence-electron chi connectivity index (χ0n) is 13.3. The van der Waals surface area contributed by atoms with Crippen LogP contribution in [0.3, 0.4) is 0 Å². The highest BCUT2D eigenvalue weighted by molar-refractivity contribution is 7.97. The van der Waals surface area contributed by atoms with E-state index in [-0.39, 0.29) is 0 Å². The van der Waals surface area contributed by atoms with Crippen molar-refractivity contribution in [2.24, 2.45) is 5.14 Å². The summed E-state index contributed by atoms with van der Waals surface area (Å²) >= 11 is 1.25. The van der Waals surface area contributed by atoms with Crippen LogP contribution in [0.25, 0.3) is 27.9 Å². The predicted molar refractivity (Wildman–Crippen MR) is 99.0 cm³/mol. The van der Waals surface area contributed by atoms with Gasteiger partial charge in [0.25, 0.3) is 0 Å². The number of nitrogens with two attached hydrogens (primary N) is 1. The van der Waals surface area contributed by atoms with Gasteiger partial charge in [0, 0.05) is 22.2 Å². The molecule has 0 fully saturated rings. The second-order valence-electron chi connectivity index (χ2n) is 5.24. The third-order valence-corrected chi connectivity index (χ3v) is 4.45. The molecule has 2 heterocycles. The van der Waals surface area contributed by atoms with Crippen molar-refractivity contribution in [3.8, 4) is 11.3 Å². The van der Waals surface area contributed by atoms with Gasteiger partial charge < -0.3 is 0 Å². The van der Waals surface area contributed by atoms with Crippen molar-refractivity contribution < 1.29 is 0 Å². The lowest BCUT2D eigenvalue weighted by molar-refractivity contribution is 1.22. The molecule has 0 bridgehead atoms. The molecule has 2 N–H and O–H groups in total. The maximum atomic E-state index is 5.67. The van der Waals surface area contributed by atoms with Gasteiger partial charge in [-0.3, -0.25) is 10.1 Å². The maximum absolute atomic E-state index is 5.67. The Hall–Kier alpha value is -2.17. The molecule has 116 valence electrons. The number of benzene rings is 1. The summed E-state index contributed by atoms with van der Waals surface area (Å²) in [4.78, 5) is 10.4. The first-order valence-corrected chi connectivity index (χ1v) is 8.53. The Kier molecular flexibility index (Phi) is 4.74. The second kappa shape index (κ2) is 6.94. The number of allylic oxidation sites excluding steroid dienone is 2. The summed E-state index contributed by atoms with van der Waals surface area (Å²) in [6.45, 7) is 4.23. The molecule has 1 aromatic carbocycles. The molecule has 0 atom stereocenters. The first kappa shape index (κ1) is 15.7. The van der Waals surface area contributed by atoms with Crippen LogP contribution in [0.5, 0.6) is 0 Å². The maximum Gasteiger partial charge on any atom is 0.0969 e. The Bertz CT molecular complexity index is 871. The monoisotopic (exact) mass is 321 g/mol. The van der Waals surface area contributed by atoms with Gasteiger partial charge in [-0.1, -0.05) is 25.1 Å².